The van der Waals surface area contributed by atoms with E-state index in [1.165, 1.54) is 11.3 Å². The van der Waals surface area contributed by atoms with Crippen LogP contribution >= 0.6 is 11.3 Å². The number of morpholine rings is 1. The van der Waals surface area contributed by atoms with Crippen molar-refractivity contribution in [1.29, 1.82) is 0 Å². The number of amides is 1. The third-order valence-electron chi connectivity index (χ3n) is 3.53. The largest absolute Gasteiger partial charge is 0.479 e. The highest BCUT2D eigenvalue weighted by Crippen LogP contribution is 2.27. The summed E-state index contributed by atoms with van der Waals surface area (Å²) in [6.07, 6.45) is -1.24. The van der Waals surface area contributed by atoms with Crippen molar-refractivity contribution < 1.29 is 19.4 Å². The van der Waals surface area contributed by atoms with Crippen LogP contribution in [0.1, 0.15) is 17.3 Å². The van der Waals surface area contributed by atoms with E-state index in [2.05, 4.69) is 0 Å². The molecule has 1 unspecified atom stereocenters. The van der Waals surface area contributed by atoms with Gasteiger partial charge in [-0.2, -0.15) is 0 Å². The number of carbonyl (C=O) groups is 2. The Hall–Kier alpha value is -1.92. The number of hydrogen-bond acceptors (Lipinski definition) is 4. The fourth-order valence-electron chi connectivity index (χ4n) is 2.57. The highest BCUT2D eigenvalue weighted by Gasteiger charge is 2.33. The predicted molar refractivity (Wildman–Crippen MR) is 79.7 cm³/mol. The summed E-state index contributed by atoms with van der Waals surface area (Å²) in [5.41, 5.74) is 0.633. The normalized spacial score (nSPS) is 22.4. The molecule has 0 radical (unpaired) electrons. The molecule has 2 heterocycles. The molecular formula is C15H15NO4S. The van der Waals surface area contributed by atoms with Gasteiger partial charge in [-0.05, 0) is 13.0 Å². The maximum Gasteiger partial charge on any atom is 0.334 e. The Balaban J connectivity index is 1.89. The Kier molecular flexibility index (Phi) is 3.65. The fourth-order valence-corrected chi connectivity index (χ4v) is 3.50. The molecule has 2 aromatic rings. The lowest BCUT2D eigenvalue weighted by Crippen LogP contribution is -2.51. The van der Waals surface area contributed by atoms with E-state index in [0.717, 1.165) is 10.1 Å². The Morgan fingerprint density at radius 1 is 1.33 bits per heavy atom. The quantitative estimate of drug-likeness (QED) is 0.924. The number of carbonyl (C=O) groups excluding carboxylic acids is 1. The van der Waals surface area contributed by atoms with E-state index in [1.54, 1.807) is 11.8 Å². The number of aliphatic carboxylic acids is 1. The molecule has 0 aliphatic carbocycles. The van der Waals surface area contributed by atoms with Crippen LogP contribution in [0.3, 0.4) is 0 Å². The van der Waals surface area contributed by atoms with Crippen LogP contribution in [0.5, 0.6) is 0 Å². The number of nitrogens with zero attached hydrogens (tertiary/aromatic N) is 1. The fraction of sp³-hybridized carbons (Fsp3) is 0.333. The molecule has 0 spiro atoms. The molecule has 0 saturated carbocycles. The van der Waals surface area contributed by atoms with Crippen LogP contribution in [0.15, 0.2) is 29.6 Å². The van der Waals surface area contributed by atoms with Gasteiger partial charge < -0.3 is 14.7 Å². The van der Waals surface area contributed by atoms with Crippen LogP contribution in [0.4, 0.5) is 0 Å². The van der Waals surface area contributed by atoms with Crippen molar-refractivity contribution in [2.45, 2.75) is 19.1 Å². The number of ether oxygens (including phenoxy) is 1. The van der Waals surface area contributed by atoms with Crippen LogP contribution < -0.4 is 0 Å². The molecule has 1 amide bonds. The third-order valence-corrected chi connectivity index (χ3v) is 4.50. The molecule has 1 N–H and O–H groups in total. The van der Waals surface area contributed by atoms with Gasteiger partial charge in [-0.15, -0.1) is 11.3 Å². The van der Waals surface area contributed by atoms with Crippen molar-refractivity contribution in [2.75, 3.05) is 13.1 Å². The second-order valence-corrected chi connectivity index (χ2v) is 6.04. The number of hydrogen-bond donors (Lipinski definition) is 1. The second kappa shape index (κ2) is 5.46. The summed E-state index contributed by atoms with van der Waals surface area (Å²) in [5, 5.41) is 11.8. The molecule has 1 aromatic carbocycles. The maximum atomic E-state index is 12.7. The molecule has 3 rings (SSSR count). The summed E-state index contributed by atoms with van der Waals surface area (Å²) in [6.45, 7) is 2.27. The van der Waals surface area contributed by atoms with Crippen molar-refractivity contribution >= 4 is 33.3 Å². The van der Waals surface area contributed by atoms with Gasteiger partial charge in [0.2, 0.25) is 0 Å². The van der Waals surface area contributed by atoms with Gasteiger partial charge in [0.15, 0.2) is 6.10 Å². The monoisotopic (exact) mass is 305 g/mol. The van der Waals surface area contributed by atoms with Crippen molar-refractivity contribution in [3.8, 4) is 0 Å². The molecule has 21 heavy (non-hydrogen) atoms. The SMILES string of the molecule is C[C@@H]1CN(C(=O)c2csc3ccccc23)CC(C(=O)O)O1. The lowest BCUT2D eigenvalue weighted by Gasteiger charge is -2.34. The number of carboxylic acid groups (broad SMARTS) is 1. The molecule has 5 nitrogen and oxygen atoms in total. The zero-order chi connectivity index (χ0) is 15.0. The molecule has 2 atom stereocenters. The van der Waals surface area contributed by atoms with E-state index in [4.69, 9.17) is 9.84 Å². The molecular weight excluding hydrogens is 290 g/mol. The Morgan fingerprint density at radius 3 is 2.86 bits per heavy atom. The zero-order valence-electron chi connectivity index (χ0n) is 11.5. The topological polar surface area (TPSA) is 66.8 Å². The standard InChI is InChI=1S/C15H15NO4S/c1-9-6-16(7-12(20-9)15(18)19)14(17)11-8-21-13-5-3-2-4-10(11)13/h2-5,8-9,12H,6-7H2,1H3,(H,18,19)/t9-,12?/m1/s1. The van der Waals surface area contributed by atoms with Crippen molar-refractivity contribution in [3.63, 3.8) is 0 Å². The van der Waals surface area contributed by atoms with E-state index in [9.17, 15) is 9.59 Å². The first-order chi connectivity index (χ1) is 10.1. The number of benzene rings is 1. The first kappa shape index (κ1) is 14.0. The van der Waals surface area contributed by atoms with E-state index < -0.39 is 12.1 Å². The minimum atomic E-state index is -1.03. The molecule has 6 heteroatoms. The molecule has 110 valence electrons. The van der Waals surface area contributed by atoms with Gasteiger partial charge in [0.05, 0.1) is 18.2 Å². The van der Waals surface area contributed by atoms with Crippen molar-refractivity contribution in [1.82, 2.24) is 4.90 Å². The predicted octanol–water partition coefficient (Wildman–Crippen LogP) is 2.22. The summed E-state index contributed by atoms with van der Waals surface area (Å²) in [5.74, 6) is -1.16. The van der Waals surface area contributed by atoms with E-state index >= 15 is 0 Å². The van der Waals surface area contributed by atoms with Crippen molar-refractivity contribution in [3.05, 3.63) is 35.2 Å². The Morgan fingerprint density at radius 2 is 2.10 bits per heavy atom. The minimum absolute atomic E-state index is 0.0860. The minimum Gasteiger partial charge on any atom is -0.479 e. The number of thiophene rings is 1. The van der Waals surface area contributed by atoms with E-state index in [-0.39, 0.29) is 18.6 Å². The molecule has 1 aliphatic heterocycles. The van der Waals surface area contributed by atoms with Gasteiger partial charge in [0.1, 0.15) is 0 Å². The number of rotatable bonds is 2. The van der Waals surface area contributed by atoms with Crippen LogP contribution in [0.25, 0.3) is 10.1 Å². The molecule has 0 bridgehead atoms. The van der Waals surface area contributed by atoms with Crippen molar-refractivity contribution in [2.24, 2.45) is 0 Å². The zero-order valence-corrected chi connectivity index (χ0v) is 12.3. The van der Waals surface area contributed by atoms with E-state index in [1.807, 2.05) is 29.6 Å². The molecule has 1 saturated heterocycles. The molecule has 1 aliphatic rings. The van der Waals surface area contributed by atoms with Gasteiger partial charge in [-0.1, -0.05) is 18.2 Å². The summed E-state index contributed by atoms with van der Waals surface area (Å²) in [4.78, 5) is 25.3. The lowest BCUT2D eigenvalue weighted by molar-refractivity contribution is -0.160. The number of carboxylic acids is 1. The number of fused-ring (bicyclic) bond motifs is 1. The van der Waals surface area contributed by atoms with Gasteiger partial charge in [-0.3, -0.25) is 4.79 Å². The third kappa shape index (κ3) is 2.64. The Labute approximate surface area is 125 Å². The summed E-state index contributed by atoms with van der Waals surface area (Å²) in [6, 6.07) is 7.72. The average Bonchev–Trinajstić information content (AvgIpc) is 2.89. The van der Waals surface area contributed by atoms with Crippen LogP contribution in [0, 0.1) is 0 Å². The first-order valence-electron chi connectivity index (χ1n) is 6.70. The van der Waals surface area contributed by atoms with Gasteiger partial charge in [0, 0.05) is 22.0 Å². The maximum absolute atomic E-state index is 12.7. The summed E-state index contributed by atoms with van der Waals surface area (Å²) in [7, 11) is 0. The smallest absolute Gasteiger partial charge is 0.334 e. The summed E-state index contributed by atoms with van der Waals surface area (Å²) < 4.78 is 6.39. The molecule has 1 aromatic heterocycles. The van der Waals surface area contributed by atoms with Gasteiger partial charge in [0.25, 0.3) is 5.91 Å². The van der Waals surface area contributed by atoms with E-state index in [0.29, 0.717) is 12.1 Å². The van der Waals surface area contributed by atoms with Crippen LogP contribution in [-0.2, 0) is 9.53 Å². The van der Waals surface area contributed by atoms with Gasteiger partial charge >= 0.3 is 5.97 Å². The first-order valence-corrected chi connectivity index (χ1v) is 7.58. The Bertz CT molecular complexity index is 696. The highest BCUT2D eigenvalue weighted by molar-refractivity contribution is 7.17. The highest BCUT2D eigenvalue weighted by atomic mass is 32.1. The average molecular weight is 305 g/mol. The lowest BCUT2D eigenvalue weighted by atomic mass is 10.1. The van der Waals surface area contributed by atoms with Crippen LogP contribution in [0.2, 0.25) is 0 Å². The second-order valence-electron chi connectivity index (χ2n) is 5.13. The molecule has 1 fully saturated rings. The van der Waals surface area contributed by atoms with Gasteiger partial charge in [-0.25, -0.2) is 4.79 Å². The van der Waals surface area contributed by atoms with Crippen LogP contribution in [-0.4, -0.2) is 47.2 Å². The summed E-state index contributed by atoms with van der Waals surface area (Å²) >= 11 is 1.52.